The summed E-state index contributed by atoms with van der Waals surface area (Å²) in [5, 5.41) is 4.15. The number of carbonyl (C=O) groups is 1. The number of aryl methyl sites for hydroxylation is 1. The molecule has 2 atom stereocenters. The second kappa shape index (κ2) is 6.75. The van der Waals surface area contributed by atoms with E-state index in [0.717, 1.165) is 24.8 Å². The molecule has 5 rings (SSSR count). The van der Waals surface area contributed by atoms with Crippen LogP contribution >= 0.6 is 0 Å². The molecule has 4 heterocycles. The monoisotopic (exact) mass is 407 g/mol. The summed E-state index contributed by atoms with van der Waals surface area (Å²) < 4.78 is 7.11. The fourth-order valence-corrected chi connectivity index (χ4v) is 4.96. The second-order valence-corrected chi connectivity index (χ2v) is 8.96. The van der Waals surface area contributed by atoms with Crippen LogP contribution in [0.25, 0.3) is 5.65 Å². The third-order valence-corrected chi connectivity index (χ3v) is 6.62. The maximum atomic E-state index is 13.3. The molecule has 0 bridgehead atoms. The van der Waals surface area contributed by atoms with Gasteiger partial charge in [0.1, 0.15) is 11.2 Å². The van der Waals surface area contributed by atoms with Crippen LogP contribution in [-0.4, -0.2) is 43.4 Å². The van der Waals surface area contributed by atoms with E-state index in [1.165, 1.54) is 10.6 Å². The van der Waals surface area contributed by atoms with Crippen LogP contribution in [0.15, 0.2) is 33.8 Å². The number of rotatable bonds is 3. The smallest absolute Gasteiger partial charge is 0.270 e. The van der Waals surface area contributed by atoms with Crippen LogP contribution in [0.4, 0.5) is 0 Å². The van der Waals surface area contributed by atoms with Crippen LogP contribution in [0.2, 0.25) is 0 Å². The number of pyridine rings is 1. The van der Waals surface area contributed by atoms with Crippen molar-refractivity contribution < 1.29 is 9.32 Å². The van der Waals surface area contributed by atoms with Gasteiger partial charge in [0.05, 0.1) is 5.41 Å². The second-order valence-electron chi connectivity index (χ2n) is 8.96. The van der Waals surface area contributed by atoms with Crippen molar-refractivity contribution in [3.8, 4) is 0 Å². The van der Waals surface area contributed by atoms with E-state index in [1.54, 1.807) is 17.2 Å². The van der Waals surface area contributed by atoms with Gasteiger partial charge in [-0.05, 0) is 37.3 Å². The lowest BCUT2D eigenvalue weighted by Crippen LogP contribution is -2.37. The van der Waals surface area contributed by atoms with Gasteiger partial charge in [-0.25, -0.2) is 4.98 Å². The minimum atomic E-state index is -0.334. The van der Waals surface area contributed by atoms with Crippen LogP contribution in [-0.2, 0) is 5.41 Å². The summed E-state index contributed by atoms with van der Waals surface area (Å²) in [5.74, 6) is 1.50. The van der Waals surface area contributed by atoms with Gasteiger partial charge in [0.15, 0.2) is 5.82 Å². The number of hydrogen-bond donors (Lipinski definition) is 0. The van der Waals surface area contributed by atoms with E-state index in [-0.39, 0.29) is 34.3 Å². The summed E-state index contributed by atoms with van der Waals surface area (Å²) in [6, 6.07) is 3.67. The van der Waals surface area contributed by atoms with Crippen molar-refractivity contribution in [3.05, 3.63) is 57.7 Å². The van der Waals surface area contributed by atoms with Gasteiger partial charge >= 0.3 is 0 Å². The number of aromatic nitrogens is 4. The van der Waals surface area contributed by atoms with Crippen LogP contribution in [0.3, 0.4) is 0 Å². The Hall–Kier alpha value is -3.03. The first-order valence-corrected chi connectivity index (χ1v) is 10.5. The first-order valence-electron chi connectivity index (χ1n) is 10.5. The molecular weight excluding hydrogens is 382 g/mol. The minimum absolute atomic E-state index is 0.0987. The molecule has 3 aromatic heterocycles. The number of amides is 1. The molecular formula is C22H25N5O3. The summed E-state index contributed by atoms with van der Waals surface area (Å²) in [4.78, 5) is 37.1. The SMILES string of the molecule is Cc1ccc2ncc(C(=O)N3C[C@H]4CCC[C@@]4(c4nc(C(C)C)no4)C3)c(=O)n2c1. The molecule has 30 heavy (non-hydrogen) atoms. The first-order chi connectivity index (χ1) is 14.4. The summed E-state index contributed by atoms with van der Waals surface area (Å²) in [5.41, 5.74) is 0.917. The van der Waals surface area contributed by atoms with E-state index in [0.29, 0.717) is 30.5 Å². The molecule has 1 saturated carbocycles. The van der Waals surface area contributed by atoms with Crippen LogP contribution in [0.1, 0.15) is 66.7 Å². The number of carbonyl (C=O) groups excluding carboxylic acids is 1. The molecule has 3 aromatic rings. The summed E-state index contributed by atoms with van der Waals surface area (Å²) >= 11 is 0. The molecule has 2 fully saturated rings. The van der Waals surface area contributed by atoms with Crippen molar-refractivity contribution in [2.24, 2.45) is 5.92 Å². The van der Waals surface area contributed by atoms with E-state index in [9.17, 15) is 9.59 Å². The average molecular weight is 407 g/mol. The Morgan fingerprint density at radius 1 is 1.33 bits per heavy atom. The van der Waals surface area contributed by atoms with Crippen molar-refractivity contribution >= 4 is 11.6 Å². The molecule has 1 aliphatic heterocycles. The zero-order chi connectivity index (χ0) is 21.0. The third-order valence-electron chi connectivity index (χ3n) is 6.62. The molecule has 1 amide bonds. The third kappa shape index (κ3) is 2.77. The van der Waals surface area contributed by atoms with E-state index in [2.05, 4.69) is 15.1 Å². The van der Waals surface area contributed by atoms with Gasteiger partial charge in [0.25, 0.3) is 11.5 Å². The zero-order valence-corrected chi connectivity index (χ0v) is 17.5. The standard InChI is InChI=1S/C22H25N5O3/c1-13(2)18-24-21(30-25-18)22-8-4-5-15(22)11-26(12-22)19(28)16-9-23-17-7-6-14(3)10-27(17)20(16)29/h6-7,9-10,13,15H,4-5,8,11-12H2,1-3H3/t15-,22-/m1/s1. The Bertz CT molecular complexity index is 1200. The number of fused-ring (bicyclic) bond motifs is 2. The van der Waals surface area contributed by atoms with Gasteiger partial charge in [0, 0.05) is 31.4 Å². The number of likely N-dealkylation sites (tertiary alicyclic amines) is 1. The Morgan fingerprint density at radius 2 is 2.17 bits per heavy atom. The summed E-state index contributed by atoms with van der Waals surface area (Å²) in [7, 11) is 0. The van der Waals surface area contributed by atoms with Gasteiger partial charge in [0.2, 0.25) is 5.89 Å². The van der Waals surface area contributed by atoms with Crippen molar-refractivity contribution in [3.63, 3.8) is 0 Å². The quantitative estimate of drug-likeness (QED) is 0.663. The molecule has 0 aromatic carbocycles. The van der Waals surface area contributed by atoms with Crippen molar-refractivity contribution in [2.75, 3.05) is 13.1 Å². The Kier molecular flexibility index (Phi) is 4.27. The van der Waals surface area contributed by atoms with E-state index in [4.69, 9.17) is 4.52 Å². The minimum Gasteiger partial charge on any atom is -0.339 e. The Labute approximate surface area is 173 Å². The van der Waals surface area contributed by atoms with E-state index < -0.39 is 0 Å². The van der Waals surface area contributed by atoms with Crippen molar-refractivity contribution in [1.29, 1.82) is 0 Å². The highest BCUT2D eigenvalue weighted by Crippen LogP contribution is 2.50. The first kappa shape index (κ1) is 19.0. The molecule has 1 aliphatic carbocycles. The lowest BCUT2D eigenvalue weighted by molar-refractivity contribution is 0.0772. The molecule has 156 valence electrons. The molecule has 0 spiro atoms. The number of hydrogen-bond acceptors (Lipinski definition) is 6. The van der Waals surface area contributed by atoms with Gasteiger partial charge in [-0.15, -0.1) is 0 Å². The lowest BCUT2D eigenvalue weighted by atomic mass is 9.80. The molecule has 0 radical (unpaired) electrons. The highest BCUT2D eigenvalue weighted by molar-refractivity contribution is 5.94. The summed E-state index contributed by atoms with van der Waals surface area (Å²) in [6.07, 6.45) is 6.12. The fraction of sp³-hybridized carbons (Fsp3) is 0.500. The average Bonchev–Trinajstić information content (AvgIpc) is 3.42. The highest BCUT2D eigenvalue weighted by Gasteiger charge is 2.55. The maximum absolute atomic E-state index is 13.3. The van der Waals surface area contributed by atoms with Gasteiger partial charge in [-0.3, -0.25) is 14.0 Å². The largest absolute Gasteiger partial charge is 0.339 e. The molecule has 8 heteroatoms. The predicted octanol–water partition coefficient (Wildman–Crippen LogP) is 2.70. The normalized spacial score (nSPS) is 23.5. The predicted molar refractivity (Wildman–Crippen MR) is 110 cm³/mol. The molecule has 2 aliphatic rings. The lowest BCUT2D eigenvalue weighted by Gasteiger charge is -2.24. The van der Waals surface area contributed by atoms with Gasteiger partial charge < -0.3 is 9.42 Å². The highest BCUT2D eigenvalue weighted by atomic mass is 16.5. The van der Waals surface area contributed by atoms with Crippen LogP contribution in [0.5, 0.6) is 0 Å². The maximum Gasteiger partial charge on any atom is 0.270 e. The van der Waals surface area contributed by atoms with Crippen LogP contribution < -0.4 is 5.56 Å². The molecule has 1 saturated heterocycles. The van der Waals surface area contributed by atoms with Crippen molar-refractivity contribution in [1.82, 2.24) is 24.4 Å². The van der Waals surface area contributed by atoms with E-state index >= 15 is 0 Å². The van der Waals surface area contributed by atoms with Gasteiger partial charge in [-0.2, -0.15) is 4.98 Å². The van der Waals surface area contributed by atoms with Crippen molar-refractivity contribution in [2.45, 2.75) is 51.4 Å². The van der Waals surface area contributed by atoms with Gasteiger partial charge in [-0.1, -0.05) is 31.5 Å². The summed E-state index contributed by atoms with van der Waals surface area (Å²) in [6.45, 7) is 7.05. The Balaban J connectivity index is 1.49. The molecule has 8 nitrogen and oxygen atoms in total. The molecule has 0 N–H and O–H groups in total. The fourth-order valence-electron chi connectivity index (χ4n) is 4.96. The Morgan fingerprint density at radius 3 is 2.93 bits per heavy atom. The zero-order valence-electron chi connectivity index (χ0n) is 17.5. The van der Waals surface area contributed by atoms with Crippen LogP contribution in [0, 0.1) is 12.8 Å². The molecule has 0 unspecified atom stereocenters. The van der Waals surface area contributed by atoms with E-state index in [1.807, 2.05) is 26.8 Å². The number of nitrogens with zero attached hydrogens (tertiary/aromatic N) is 5. The topological polar surface area (TPSA) is 93.6 Å².